The van der Waals surface area contributed by atoms with Crippen LogP contribution in [0.25, 0.3) is 0 Å². The van der Waals surface area contributed by atoms with E-state index in [1.165, 1.54) is 5.56 Å². The van der Waals surface area contributed by atoms with Crippen LogP contribution >= 0.6 is 0 Å². The summed E-state index contributed by atoms with van der Waals surface area (Å²) in [7, 11) is 1.64. The third kappa shape index (κ3) is 4.84. The van der Waals surface area contributed by atoms with Gasteiger partial charge in [0.25, 0.3) is 0 Å². The van der Waals surface area contributed by atoms with Crippen LogP contribution in [0, 0.1) is 6.92 Å². The van der Waals surface area contributed by atoms with Gasteiger partial charge in [-0.25, -0.2) is 0 Å². The Morgan fingerprint density at radius 3 is 2.24 bits per heavy atom. The lowest BCUT2D eigenvalue weighted by Crippen LogP contribution is -2.16. The molecule has 2 aromatic carbocycles. The molecule has 0 bridgehead atoms. The quantitative estimate of drug-likeness (QED) is 0.854. The number of nitrogens with one attached hydrogen (secondary N) is 2. The number of amides is 1. The highest BCUT2D eigenvalue weighted by atomic mass is 16.5. The van der Waals surface area contributed by atoms with Crippen molar-refractivity contribution in [1.29, 1.82) is 0 Å². The fraction of sp³-hybridized carbons (Fsp3) is 0.235. The first-order chi connectivity index (χ1) is 10.2. The molecule has 0 unspecified atom stereocenters. The maximum Gasteiger partial charge on any atom is 0.226 e. The van der Waals surface area contributed by atoms with Gasteiger partial charge in [0.05, 0.1) is 7.11 Å². The minimum absolute atomic E-state index is 0.000125. The summed E-state index contributed by atoms with van der Waals surface area (Å²) in [5.74, 6) is 0.817. The highest BCUT2D eigenvalue weighted by Gasteiger charge is 2.02. The highest BCUT2D eigenvalue weighted by molar-refractivity contribution is 5.90. The van der Waals surface area contributed by atoms with E-state index >= 15 is 0 Å². The topological polar surface area (TPSA) is 50.4 Å². The second-order valence-electron chi connectivity index (χ2n) is 4.82. The summed E-state index contributed by atoms with van der Waals surface area (Å²) in [5, 5.41) is 6.08. The second-order valence-corrected chi connectivity index (χ2v) is 4.82. The molecule has 0 aliphatic rings. The molecular weight excluding hydrogens is 264 g/mol. The largest absolute Gasteiger partial charge is 0.497 e. The van der Waals surface area contributed by atoms with E-state index in [9.17, 15) is 4.79 Å². The lowest BCUT2D eigenvalue weighted by molar-refractivity contribution is -0.115. The van der Waals surface area contributed by atoms with Gasteiger partial charge in [0, 0.05) is 24.3 Å². The van der Waals surface area contributed by atoms with E-state index in [0.29, 0.717) is 13.0 Å². The maximum atomic E-state index is 11.8. The summed E-state index contributed by atoms with van der Waals surface area (Å²) in [4.78, 5) is 11.8. The highest BCUT2D eigenvalue weighted by Crippen LogP contribution is 2.15. The number of ether oxygens (including phenoxy) is 1. The molecule has 0 fully saturated rings. The molecule has 0 radical (unpaired) electrons. The van der Waals surface area contributed by atoms with Crippen LogP contribution < -0.4 is 15.4 Å². The number of carbonyl (C=O) groups excluding carboxylic acids is 1. The van der Waals surface area contributed by atoms with Crippen molar-refractivity contribution in [2.24, 2.45) is 0 Å². The average Bonchev–Trinajstić information content (AvgIpc) is 2.50. The molecule has 0 saturated heterocycles. The molecular formula is C17H20N2O2. The first kappa shape index (κ1) is 14.9. The molecule has 0 heterocycles. The zero-order chi connectivity index (χ0) is 15.1. The maximum absolute atomic E-state index is 11.8. The molecule has 2 N–H and O–H groups in total. The Kier molecular flexibility index (Phi) is 5.21. The van der Waals surface area contributed by atoms with Crippen LogP contribution in [0.4, 0.5) is 11.4 Å². The van der Waals surface area contributed by atoms with E-state index in [1.54, 1.807) is 7.11 Å². The molecule has 110 valence electrons. The molecule has 2 rings (SSSR count). The van der Waals surface area contributed by atoms with Crippen LogP contribution in [0.1, 0.15) is 12.0 Å². The fourth-order valence-electron chi connectivity index (χ4n) is 1.89. The Hall–Kier alpha value is -2.49. The summed E-state index contributed by atoms with van der Waals surface area (Å²) in [6, 6.07) is 15.4. The Bertz CT molecular complexity index is 577. The van der Waals surface area contributed by atoms with Crippen LogP contribution in [-0.2, 0) is 4.79 Å². The Morgan fingerprint density at radius 1 is 1.00 bits per heavy atom. The molecule has 0 atom stereocenters. The number of rotatable bonds is 6. The Labute approximate surface area is 125 Å². The number of hydrogen-bond acceptors (Lipinski definition) is 3. The van der Waals surface area contributed by atoms with Crippen LogP contribution in [0.3, 0.4) is 0 Å². The molecule has 4 nitrogen and oxygen atoms in total. The molecule has 0 spiro atoms. The number of hydrogen-bond donors (Lipinski definition) is 2. The van der Waals surface area contributed by atoms with E-state index in [-0.39, 0.29) is 5.91 Å². The molecule has 4 heteroatoms. The molecule has 0 saturated carbocycles. The van der Waals surface area contributed by atoms with Gasteiger partial charge in [-0.2, -0.15) is 0 Å². The summed E-state index contributed by atoms with van der Waals surface area (Å²) in [6.45, 7) is 2.61. The lowest BCUT2D eigenvalue weighted by atomic mass is 10.2. The average molecular weight is 284 g/mol. The summed E-state index contributed by atoms with van der Waals surface area (Å²) >= 11 is 0. The number of carbonyl (C=O) groups is 1. The normalized spacial score (nSPS) is 10.0. The van der Waals surface area contributed by atoms with Crippen molar-refractivity contribution in [3.63, 3.8) is 0 Å². The zero-order valence-electron chi connectivity index (χ0n) is 12.3. The van der Waals surface area contributed by atoms with Crippen molar-refractivity contribution >= 4 is 17.3 Å². The number of methoxy groups -OCH3 is 1. The third-order valence-corrected chi connectivity index (χ3v) is 3.11. The SMILES string of the molecule is COc1ccc(NCCC(=O)Nc2ccc(C)cc2)cc1. The van der Waals surface area contributed by atoms with Crippen molar-refractivity contribution in [3.05, 3.63) is 54.1 Å². The van der Waals surface area contributed by atoms with Gasteiger partial charge >= 0.3 is 0 Å². The lowest BCUT2D eigenvalue weighted by Gasteiger charge is -2.08. The van der Waals surface area contributed by atoms with Crippen LogP contribution in [-0.4, -0.2) is 19.6 Å². The van der Waals surface area contributed by atoms with Crippen molar-refractivity contribution in [2.75, 3.05) is 24.3 Å². The van der Waals surface area contributed by atoms with Gasteiger partial charge in [0.1, 0.15) is 5.75 Å². The molecule has 0 aliphatic heterocycles. The minimum atomic E-state index is -0.000125. The fourth-order valence-corrected chi connectivity index (χ4v) is 1.89. The van der Waals surface area contributed by atoms with Crippen molar-refractivity contribution < 1.29 is 9.53 Å². The Morgan fingerprint density at radius 2 is 1.62 bits per heavy atom. The summed E-state index contributed by atoms with van der Waals surface area (Å²) in [5.41, 5.74) is 2.98. The van der Waals surface area contributed by atoms with Crippen LogP contribution in [0.2, 0.25) is 0 Å². The second kappa shape index (κ2) is 7.33. The molecule has 1 amide bonds. The van der Waals surface area contributed by atoms with Crippen molar-refractivity contribution in [3.8, 4) is 5.75 Å². The van der Waals surface area contributed by atoms with E-state index < -0.39 is 0 Å². The van der Waals surface area contributed by atoms with Crippen LogP contribution in [0.5, 0.6) is 5.75 Å². The minimum Gasteiger partial charge on any atom is -0.497 e. The van der Waals surface area contributed by atoms with Crippen molar-refractivity contribution in [1.82, 2.24) is 0 Å². The molecule has 21 heavy (non-hydrogen) atoms. The predicted molar refractivity (Wildman–Crippen MR) is 85.9 cm³/mol. The molecule has 2 aromatic rings. The number of benzene rings is 2. The van der Waals surface area contributed by atoms with Gasteiger partial charge in [-0.05, 0) is 43.3 Å². The van der Waals surface area contributed by atoms with E-state index in [4.69, 9.17) is 4.74 Å². The monoisotopic (exact) mass is 284 g/mol. The summed E-state index contributed by atoms with van der Waals surface area (Å²) < 4.78 is 5.09. The van der Waals surface area contributed by atoms with Gasteiger partial charge < -0.3 is 15.4 Å². The Balaban J connectivity index is 1.74. The van der Waals surface area contributed by atoms with E-state index in [2.05, 4.69) is 10.6 Å². The summed E-state index contributed by atoms with van der Waals surface area (Å²) in [6.07, 6.45) is 0.417. The van der Waals surface area contributed by atoms with Crippen LogP contribution in [0.15, 0.2) is 48.5 Å². The molecule has 0 aliphatic carbocycles. The van der Waals surface area contributed by atoms with E-state index in [1.807, 2.05) is 55.5 Å². The first-order valence-corrected chi connectivity index (χ1v) is 6.92. The number of aryl methyl sites for hydroxylation is 1. The first-order valence-electron chi connectivity index (χ1n) is 6.92. The number of anilines is 2. The van der Waals surface area contributed by atoms with Gasteiger partial charge in [0.15, 0.2) is 0 Å². The standard InChI is InChI=1S/C17H20N2O2/c1-13-3-5-15(6-4-13)19-17(20)11-12-18-14-7-9-16(21-2)10-8-14/h3-10,18H,11-12H2,1-2H3,(H,19,20). The van der Waals surface area contributed by atoms with Gasteiger partial charge in [-0.15, -0.1) is 0 Å². The smallest absolute Gasteiger partial charge is 0.226 e. The van der Waals surface area contributed by atoms with Gasteiger partial charge in [0.2, 0.25) is 5.91 Å². The molecule has 0 aromatic heterocycles. The van der Waals surface area contributed by atoms with Crippen molar-refractivity contribution in [2.45, 2.75) is 13.3 Å². The zero-order valence-corrected chi connectivity index (χ0v) is 12.3. The van der Waals surface area contributed by atoms with Gasteiger partial charge in [-0.1, -0.05) is 17.7 Å². The van der Waals surface area contributed by atoms with E-state index in [0.717, 1.165) is 17.1 Å². The third-order valence-electron chi connectivity index (χ3n) is 3.11. The predicted octanol–water partition coefficient (Wildman–Crippen LogP) is 3.44. The van der Waals surface area contributed by atoms with Gasteiger partial charge in [-0.3, -0.25) is 4.79 Å².